The summed E-state index contributed by atoms with van der Waals surface area (Å²) >= 11 is 1.26. The van der Waals surface area contributed by atoms with Crippen LogP contribution >= 0.6 is 11.3 Å². The van der Waals surface area contributed by atoms with E-state index in [1.165, 1.54) is 30.5 Å². The highest BCUT2D eigenvalue weighted by atomic mass is 32.1. The molecule has 0 aliphatic heterocycles. The highest BCUT2D eigenvalue weighted by Gasteiger charge is 2.15. The standard InChI is InChI=1S/C18H16N6O3S/c1-9(25)21-15-7-10(2-4-13(15)17(26)27)16-23-24-18(28-16)22-12-3-5-14(20)11(6-12)8-19/h2-8,19H,20H2,1H3,(H,21,25)(H,22,24)(H,26,27). The zero-order chi connectivity index (χ0) is 20.3. The van der Waals surface area contributed by atoms with Gasteiger partial charge in [0.2, 0.25) is 11.0 Å². The first kappa shape index (κ1) is 19.0. The molecule has 0 radical (unpaired) electrons. The number of aromatic nitrogens is 2. The Morgan fingerprint density at radius 3 is 2.68 bits per heavy atom. The van der Waals surface area contributed by atoms with Crippen LogP contribution in [0, 0.1) is 5.41 Å². The first-order valence-corrected chi connectivity index (χ1v) is 8.85. The van der Waals surface area contributed by atoms with Crippen LogP contribution in [0.3, 0.4) is 0 Å². The molecule has 1 aromatic heterocycles. The number of carboxylic acid groups (broad SMARTS) is 1. The summed E-state index contributed by atoms with van der Waals surface area (Å²) in [6, 6.07) is 9.74. The van der Waals surface area contributed by atoms with Gasteiger partial charge in [0, 0.05) is 35.6 Å². The molecule has 10 heteroatoms. The van der Waals surface area contributed by atoms with Crippen LogP contribution in [0.25, 0.3) is 10.6 Å². The summed E-state index contributed by atoms with van der Waals surface area (Å²) in [4.78, 5) is 22.7. The normalized spacial score (nSPS) is 10.3. The van der Waals surface area contributed by atoms with Crippen molar-refractivity contribution in [1.82, 2.24) is 10.2 Å². The number of nitrogens with one attached hydrogen (secondary N) is 3. The molecule has 3 rings (SSSR count). The van der Waals surface area contributed by atoms with Gasteiger partial charge in [0.15, 0.2) is 0 Å². The Morgan fingerprint density at radius 2 is 2.00 bits per heavy atom. The third-order valence-electron chi connectivity index (χ3n) is 3.73. The second kappa shape index (κ2) is 7.84. The molecule has 0 saturated carbocycles. The van der Waals surface area contributed by atoms with Crippen molar-refractivity contribution in [2.45, 2.75) is 6.92 Å². The molecule has 1 amide bonds. The topological polar surface area (TPSA) is 154 Å². The highest BCUT2D eigenvalue weighted by Crippen LogP contribution is 2.31. The van der Waals surface area contributed by atoms with Crippen LogP contribution in [-0.4, -0.2) is 33.4 Å². The Kier molecular flexibility index (Phi) is 5.32. The maximum absolute atomic E-state index is 11.4. The molecule has 0 aliphatic carbocycles. The fourth-order valence-electron chi connectivity index (χ4n) is 2.45. The molecule has 0 fully saturated rings. The first-order valence-electron chi connectivity index (χ1n) is 8.03. The number of nitrogens with zero attached hydrogens (tertiary/aromatic N) is 2. The Hall–Kier alpha value is -3.79. The first-order chi connectivity index (χ1) is 13.4. The molecule has 6 N–H and O–H groups in total. The van der Waals surface area contributed by atoms with Gasteiger partial charge >= 0.3 is 5.97 Å². The molecule has 1 heterocycles. The number of hydrogen-bond acceptors (Lipinski definition) is 8. The molecule has 9 nitrogen and oxygen atoms in total. The van der Waals surface area contributed by atoms with Crippen LogP contribution in [0.1, 0.15) is 22.8 Å². The van der Waals surface area contributed by atoms with Crippen LogP contribution < -0.4 is 16.4 Å². The van der Waals surface area contributed by atoms with E-state index in [1.807, 2.05) is 0 Å². The number of anilines is 4. The number of benzene rings is 2. The van der Waals surface area contributed by atoms with Gasteiger partial charge in [-0.25, -0.2) is 4.79 Å². The average Bonchev–Trinajstić information content (AvgIpc) is 3.11. The van der Waals surface area contributed by atoms with E-state index in [-0.39, 0.29) is 17.2 Å². The Labute approximate surface area is 163 Å². The van der Waals surface area contributed by atoms with E-state index in [1.54, 1.807) is 30.3 Å². The van der Waals surface area contributed by atoms with Crippen molar-refractivity contribution in [3.05, 3.63) is 47.5 Å². The molecule has 0 spiro atoms. The second-order valence-corrected chi connectivity index (χ2v) is 6.75. The summed E-state index contributed by atoms with van der Waals surface area (Å²) in [6.07, 6.45) is 1.17. The van der Waals surface area contributed by atoms with Crippen molar-refractivity contribution in [3.8, 4) is 10.6 Å². The minimum atomic E-state index is -1.14. The number of carbonyl (C=O) groups is 2. The largest absolute Gasteiger partial charge is 0.478 e. The lowest BCUT2D eigenvalue weighted by Crippen LogP contribution is -2.10. The third-order valence-corrected chi connectivity index (χ3v) is 4.61. The van der Waals surface area contributed by atoms with Gasteiger partial charge in [-0.1, -0.05) is 17.4 Å². The van der Waals surface area contributed by atoms with Crippen LogP contribution in [0.5, 0.6) is 0 Å². The number of hydrogen-bond donors (Lipinski definition) is 5. The summed E-state index contributed by atoms with van der Waals surface area (Å²) in [5.74, 6) is -1.51. The van der Waals surface area contributed by atoms with Gasteiger partial charge in [0.25, 0.3) is 0 Å². The van der Waals surface area contributed by atoms with Crippen molar-refractivity contribution in [2.24, 2.45) is 0 Å². The SMILES string of the molecule is CC(=O)Nc1cc(-c2nnc(Nc3ccc(N)c(C=N)c3)s2)ccc1C(=O)O. The molecule has 28 heavy (non-hydrogen) atoms. The van der Waals surface area contributed by atoms with Crippen molar-refractivity contribution in [1.29, 1.82) is 5.41 Å². The minimum Gasteiger partial charge on any atom is -0.478 e. The summed E-state index contributed by atoms with van der Waals surface area (Å²) in [5.41, 5.74) is 8.37. The zero-order valence-electron chi connectivity index (χ0n) is 14.7. The van der Waals surface area contributed by atoms with Crippen LogP contribution in [0.4, 0.5) is 22.2 Å². The summed E-state index contributed by atoms with van der Waals surface area (Å²) in [7, 11) is 0. The summed E-state index contributed by atoms with van der Waals surface area (Å²) < 4.78 is 0. The molecule has 0 unspecified atom stereocenters. The zero-order valence-corrected chi connectivity index (χ0v) is 15.5. The van der Waals surface area contributed by atoms with Crippen LogP contribution in [0.2, 0.25) is 0 Å². The van der Waals surface area contributed by atoms with Gasteiger partial charge in [-0.3, -0.25) is 4.79 Å². The molecular formula is C18H16N6O3S. The maximum Gasteiger partial charge on any atom is 0.337 e. The van der Waals surface area contributed by atoms with Crippen LogP contribution in [0.15, 0.2) is 36.4 Å². The van der Waals surface area contributed by atoms with Crippen LogP contribution in [-0.2, 0) is 4.79 Å². The predicted octanol–water partition coefficient (Wildman–Crippen LogP) is 3.19. The molecule has 142 valence electrons. The molecule has 0 atom stereocenters. The molecular weight excluding hydrogens is 380 g/mol. The van der Waals surface area contributed by atoms with E-state index in [9.17, 15) is 14.7 Å². The number of carboxylic acids is 1. The number of aromatic carboxylic acids is 1. The lowest BCUT2D eigenvalue weighted by Gasteiger charge is -2.08. The van der Waals surface area contributed by atoms with Crippen molar-refractivity contribution in [3.63, 3.8) is 0 Å². The van der Waals surface area contributed by atoms with Gasteiger partial charge in [-0.15, -0.1) is 10.2 Å². The Balaban J connectivity index is 1.88. The summed E-state index contributed by atoms with van der Waals surface area (Å²) in [5, 5.41) is 31.5. The smallest absolute Gasteiger partial charge is 0.337 e. The molecule has 0 aliphatic rings. The lowest BCUT2D eigenvalue weighted by molar-refractivity contribution is -0.114. The fourth-order valence-corrected chi connectivity index (χ4v) is 3.21. The Bertz CT molecular complexity index is 1080. The second-order valence-electron chi connectivity index (χ2n) is 5.77. The number of carbonyl (C=O) groups excluding carboxylic acids is 1. The van der Waals surface area contributed by atoms with Gasteiger partial charge in [0.1, 0.15) is 5.01 Å². The number of nitrogens with two attached hydrogens (primary N) is 1. The number of rotatable bonds is 6. The van der Waals surface area contributed by atoms with Gasteiger partial charge in [-0.05, 0) is 30.3 Å². The van der Waals surface area contributed by atoms with Crippen molar-refractivity contribution in [2.75, 3.05) is 16.4 Å². The number of amides is 1. The fraction of sp³-hybridized carbons (Fsp3) is 0.0556. The molecule has 0 saturated heterocycles. The van der Waals surface area contributed by atoms with E-state index in [4.69, 9.17) is 11.1 Å². The van der Waals surface area contributed by atoms with E-state index in [0.29, 0.717) is 32.6 Å². The Morgan fingerprint density at radius 1 is 1.21 bits per heavy atom. The average molecular weight is 396 g/mol. The molecule has 3 aromatic rings. The van der Waals surface area contributed by atoms with Gasteiger partial charge in [0.05, 0.1) is 11.3 Å². The van der Waals surface area contributed by atoms with E-state index < -0.39 is 5.97 Å². The van der Waals surface area contributed by atoms with E-state index >= 15 is 0 Å². The van der Waals surface area contributed by atoms with E-state index in [2.05, 4.69) is 20.8 Å². The monoisotopic (exact) mass is 396 g/mol. The van der Waals surface area contributed by atoms with E-state index in [0.717, 1.165) is 0 Å². The van der Waals surface area contributed by atoms with Crippen molar-refractivity contribution >= 4 is 51.6 Å². The quantitative estimate of drug-likeness (QED) is 0.316. The van der Waals surface area contributed by atoms with Gasteiger partial charge < -0.3 is 26.9 Å². The predicted molar refractivity (Wildman–Crippen MR) is 109 cm³/mol. The number of nitrogen functional groups attached to an aromatic ring is 1. The van der Waals surface area contributed by atoms with Gasteiger partial charge in [-0.2, -0.15) is 0 Å². The highest BCUT2D eigenvalue weighted by molar-refractivity contribution is 7.18. The minimum absolute atomic E-state index is 0.0112. The summed E-state index contributed by atoms with van der Waals surface area (Å²) in [6.45, 7) is 1.31. The molecule has 0 bridgehead atoms. The molecule has 2 aromatic carbocycles. The maximum atomic E-state index is 11.4. The van der Waals surface area contributed by atoms with Crippen molar-refractivity contribution < 1.29 is 14.7 Å². The third kappa shape index (κ3) is 4.13. The lowest BCUT2D eigenvalue weighted by atomic mass is 10.1.